The lowest BCUT2D eigenvalue weighted by atomic mass is 9.82. The standard InChI is InChI=1S/C10H17BN2O2.C9H15BN2O2.CH3I/c1-9(2)10(3,4)15-11(14-9)8-6-12-13(5)7-8;1-8(2)9(3,4)14-10(13-8)7-5-11-12-6-7;1-2/h6-7H,1-5H3;5-6H,1-4H3,(H,11,12);1H3/i5D3;;1D3. The Labute approximate surface area is 209 Å². The minimum Gasteiger partial charge on any atom is -0.399 e. The van der Waals surface area contributed by atoms with Crippen molar-refractivity contribution in [2.24, 2.45) is 6.98 Å². The van der Waals surface area contributed by atoms with Gasteiger partial charge in [-0.1, -0.05) is 22.6 Å². The summed E-state index contributed by atoms with van der Waals surface area (Å²) in [6.07, 6.45) is 6.42. The fourth-order valence-corrected chi connectivity index (χ4v) is 2.81. The van der Waals surface area contributed by atoms with Crippen LogP contribution in [0, 0.1) is 0 Å². The van der Waals surface area contributed by atoms with E-state index in [0.717, 1.165) is 10.1 Å². The number of hydrogen-bond acceptors (Lipinski definition) is 6. The summed E-state index contributed by atoms with van der Waals surface area (Å²) in [4.78, 5) is -1.78. The summed E-state index contributed by atoms with van der Waals surface area (Å²) in [6, 6.07) is 0. The fraction of sp³-hybridized carbons (Fsp3) is 0.700. The lowest BCUT2D eigenvalue weighted by Crippen LogP contribution is -2.41. The van der Waals surface area contributed by atoms with E-state index in [1.165, 1.54) is 35.0 Å². The van der Waals surface area contributed by atoms with E-state index in [4.69, 9.17) is 26.8 Å². The van der Waals surface area contributed by atoms with Crippen molar-refractivity contribution in [2.75, 3.05) is 4.86 Å². The van der Waals surface area contributed by atoms with E-state index < -0.39 is 30.2 Å². The van der Waals surface area contributed by atoms with E-state index in [0.29, 0.717) is 5.46 Å². The van der Waals surface area contributed by atoms with Gasteiger partial charge in [-0.05, 0) is 60.2 Å². The van der Waals surface area contributed by atoms with Crippen LogP contribution < -0.4 is 10.9 Å². The van der Waals surface area contributed by atoms with E-state index in [1.54, 1.807) is 12.4 Å². The Kier molecular flexibility index (Phi) is 5.71. The summed E-state index contributed by atoms with van der Waals surface area (Å²) in [5.74, 6) is 0. The van der Waals surface area contributed by atoms with Gasteiger partial charge in [-0.15, -0.1) is 0 Å². The van der Waals surface area contributed by atoms with Crippen LogP contribution in [0.3, 0.4) is 0 Å². The van der Waals surface area contributed by atoms with Gasteiger partial charge in [0.2, 0.25) is 0 Å². The molecular formula is C20H35B2IN4O4. The zero-order chi connectivity index (χ0) is 28.7. The Balaban J connectivity index is 0.000000225. The summed E-state index contributed by atoms with van der Waals surface area (Å²) >= 11 is 1.38. The molecule has 2 aromatic heterocycles. The number of alkyl halides is 1. The van der Waals surface area contributed by atoms with Gasteiger partial charge in [0.1, 0.15) is 0 Å². The molecule has 2 aromatic rings. The number of hydrogen-bond donors (Lipinski definition) is 1. The highest BCUT2D eigenvalue weighted by Crippen LogP contribution is 2.37. The predicted octanol–water partition coefficient (Wildman–Crippen LogP) is 2.48. The van der Waals surface area contributed by atoms with Crippen LogP contribution in [-0.4, -0.2) is 61.5 Å². The van der Waals surface area contributed by atoms with Gasteiger partial charge in [-0.3, -0.25) is 9.78 Å². The Morgan fingerprint density at radius 1 is 0.871 bits per heavy atom. The molecule has 0 bridgehead atoms. The van der Waals surface area contributed by atoms with E-state index >= 15 is 0 Å². The first kappa shape index (κ1) is 18.5. The Hall–Kier alpha value is -0.880. The maximum absolute atomic E-state index is 7.27. The number of aromatic amines is 1. The molecule has 31 heavy (non-hydrogen) atoms. The van der Waals surface area contributed by atoms with Crippen LogP contribution in [0.2, 0.25) is 0 Å². The average molecular weight is 550 g/mol. The van der Waals surface area contributed by atoms with Crippen molar-refractivity contribution in [1.29, 1.82) is 0 Å². The molecule has 2 aliphatic rings. The van der Waals surface area contributed by atoms with Crippen LogP contribution >= 0.6 is 22.6 Å². The second kappa shape index (κ2) is 9.54. The highest BCUT2D eigenvalue weighted by molar-refractivity contribution is 14.1. The Morgan fingerprint density at radius 2 is 1.32 bits per heavy atom. The van der Waals surface area contributed by atoms with Crippen molar-refractivity contribution in [3.8, 4) is 0 Å². The number of rotatable bonds is 2. The molecule has 4 rings (SSSR count). The van der Waals surface area contributed by atoms with Crippen molar-refractivity contribution in [2.45, 2.75) is 77.8 Å². The van der Waals surface area contributed by atoms with Gasteiger partial charge in [0, 0.05) is 50.9 Å². The monoisotopic (exact) mass is 550 g/mol. The third-order valence-electron chi connectivity index (χ3n) is 6.17. The number of H-pyrrole nitrogens is 1. The second-order valence-electron chi connectivity index (χ2n) is 9.43. The maximum atomic E-state index is 7.27. The highest BCUT2D eigenvalue weighted by Gasteiger charge is 2.52. The van der Waals surface area contributed by atoms with Gasteiger partial charge in [0.15, 0.2) is 0 Å². The fourth-order valence-electron chi connectivity index (χ4n) is 2.81. The van der Waals surface area contributed by atoms with Crippen LogP contribution in [0.4, 0.5) is 0 Å². The van der Waals surface area contributed by atoms with Gasteiger partial charge in [-0.25, -0.2) is 0 Å². The molecular weight excluding hydrogens is 509 g/mol. The largest absolute Gasteiger partial charge is 0.498 e. The van der Waals surface area contributed by atoms with Crippen molar-refractivity contribution in [3.63, 3.8) is 0 Å². The smallest absolute Gasteiger partial charge is 0.399 e. The molecule has 0 amide bonds. The highest BCUT2D eigenvalue weighted by atomic mass is 127. The minimum absolute atomic E-state index is 0.283. The molecule has 2 saturated heterocycles. The first-order valence-electron chi connectivity index (χ1n) is 12.9. The van der Waals surface area contributed by atoms with Gasteiger partial charge in [0.25, 0.3) is 0 Å². The van der Waals surface area contributed by atoms with Crippen molar-refractivity contribution < 1.29 is 26.8 Å². The van der Waals surface area contributed by atoms with Gasteiger partial charge in [0.05, 0.1) is 22.4 Å². The number of halogens is 1. The average Bonchev–Trinajstić information content (AvgIpc) is 3.42. The molecule has 11 heteroatoms. The third-order valence-corrected chi connectivity index (χ3v) is 6.17. The van der Waals surface area contributed by atoms with Crippen LogP contribution in [0.5, 0.6) is 0 Å². The van der Waals surface area contributed by atoms with Gasteiger partial charge < -0.3 is 18.6 Å². The molecule has 0 saturated carbocycles. The molecule has 0 unspecified atom stereocenters. The lowest BCUT2D eigenvalue weighted by Gasteiger charge is -2.32. The van der Waals surface area contributed by atoms with Crippen LogP contribution in [0.25, 0.3) is 0 Å². The van der Waals surface area contributed by atoms with Crippen molar-refractivity contribution >= 4 is 47.8 Å². The molecule has 4 heterocycles. The summed E-state index contributed by atoms with van der Waals surface area (Å²) in [6.45, 7) is 13.6. The summed E-state index contributed by atoms with van der Waals surface area (Å²) in [5.41, 5.74) is 0.0945. The molecule has 2 aliphatic heterocycles. The third kappa shape index (κ3) is 5.73. The zero-order valence-corrected chi connectivity index (χ0v) is 21.5. The quantitative estimate of drug-likeness (QED) is 0.352. The topological polar surface area (TPSA) is 83.4 Å². The molecule has 0 aromatic carbocycles. The van der Waals surface area contributed by atoms with Crippen molar-refractivity contribution in [3.05, 3.63) is 24.8 Å². The van der Waals surface area contributed by atoms with E-state index in [1.807, 2.05) is 55.4 Å². The number of aromatic nitrogens is 4. The molecule has 1 N–H and O–H groups in total. The van der Waals surface area contributed by atoms with Crippen LogP contribution in [0.1, 0.15) is 63.6 Å². The molecule has 8 nitrogen and oxygen atoms in total. The van der Waals surface area contributed by atoms with Crippen LogP contribution in [0.15, 0.2) is 24.8 Å². The normalized spacial score (nSPS) is 26.1. The van der Waals surface area contributed by atoms with E-state index in [2.05, 4.69) is 15.3 Å². The molecule has 0 atom stereocenters. The Morgan fingerprint density at radius 3 is 1.68 bits per heavy atom. The first-order chi connectivity index (χ1) is 16.5. The maximum Gasteiger partial charge on any atom is 0.498 e. The SMILES string of the molecule is CC1(C)OB(c2cn[nH]c2)OC1(C)C.[2H]C([2H])([2H])I.[2H]C([2H])([2H])n1cc(B2OC(C)(C)C(C)(C)O2)cn1. The summed E-state index contributed by atoms with van der Waals surface area (Å²) in [5, 5.41) is 10.5. The molecule has 0 radical (unpaired) electrons. The first-order valence-corrected chi connectivity index (χ1v) is 11.0. The second-order valence-corrected chi connectivity index (χ2v) is 9.43. The summed E-state index contributed by atoms with van der Waals surface area (Å²) in [7, 11) is -0.884. The molecule has 0 spiro atoms. The Bertz CT molecular complexity index is 991. The molecule has 172 valence electrons. The number of nitrogens with one attached hydrogen (secondary N) is 1. The van der Waals surface area contributed by atoms with E-state index in [9.17, 15) is 0 Å². The van der Waals surface area contributed by atoms with E-state index in [-0.39, 0.29) is 18.3 Å². The van der Waals surface area contributed by atoms with Crippen LogP contribution in [-0.2, 0) is 25.6 Å². The molecule has 2 fully saturated rings. The summed E-state index contributed by atoms with van der Waals surface area (Å²) < 4.78 is 64.8. The van der Waals surface area contributed by atoms with Gasteiger partial charge >= 0.3 is 14.2 Å². The predicted molar refractivity (Wildman–Crippen MR) is 133 cm³/mol. The number of nitrogens with zero attached hydrogens (tertiary/aromatic N) is 3. The lowest BCUT2D eigenvalue weighted by molar-refractivity contribution is 0.00578. The number of aryl methyl sites for hydroxylation is 1. The minimum atomic E-state index is -2.28. The zero-order valence-electron chi connectivity index (χ0n) is 25.3. The van der Waals surface area contributed by atoms with Gasteiger partial charge in [-0.2, -0.15) is 10.2 Å². The van der Waals surface area contributed by atoms with Crippen molar-refractivity contribution in [1.82, 2.24) is 20.0 Å². The molecule has 0 aliphatic carbocycles.